The van der Waals surface area contributed by atoms with Crippen molar-refractivity contribution in [1.82, 2.24) is 0 Å². The standard InChI is InChI=1S/C49H80O6/c1-4-7-10-13-16-19-22-24-27-30-33-36-39-42-48(51)54-45-46(44-53-47(50)41-38-35-32-29-26-21-18-15-12-9-6-3)55-49(52)43-40-37-34-31-28-25-23-20-17-14-11-8-5-2/h7,10,13,15-16,18-19,21-22,24-28,46H,4-6,8-9,11-12,14,17,20,23,29-45H2,1-3H3/b10-7-,16-13-,18-15-,22-19-,26-21-,27-24-,28-25-. The van der Waals surface area contributed by atoms with Gasteiger partial charge in [0.1, 0.15) is 13.2 Å². The smallest absolute Gasteiger partial charge is 0.306 e. The summed E-state index contributed by atoms with van der Waals surface area (Å²) >= 11 is 0. The third-order valence-corrected chi connectivity index (χ3v) is 8.98. The fourth-order valence-corrected chi connectivity index (χ4v) is 5.60. The first-order valence-corrected chi connectivity index (χ1v) is 22.2. The SMILES string of the molecule is CC\C=C/C=C\C=C/C=C\CCCCCC(=O)OCC(COC(=O)CCCCC/C=C\C=C/CCCC)OC(=O)CCCCC/C=C\CCCCCCCC. The van der Waals surface area contributed by atoms with E-state index in [9.17, 15) is 14.4 Å². The zero-order valence-corrected chi connectivity index (χ0v) is 35.4. The number of allylic oxidation sites excluding steroid dienone is 14. The molecule has 0 spiro atoms. The Morgan fingerprint density at radius 2 is 0.745 bits per heavy atom. The summed E-state index contributed by atoms with van der Waals surface area (Å²) < 4.78 is 16.6. The van der Waals surface area contributed by atoms with Crippen molar-refractivity contribution in [2.45, 2.75) is 194 Å². The Bertz CT molecular complexity index is 1110. The third-order valence-electron chi connectivity index (χ3n) is 8.98. The van der Waals surface area contributed by atoms with Crippen LogP contribution in [0.15, 0.2) is 85.1 Å². The molecule has 0 aromatic rings. The van der Waals surface area contributed by atoms with Gasteiger partial charge < -0.3 is 14.2 Å². The van der Waals surface area contributed by atoms with E-state index in [2.05, 4.69) is 69.4 Å². The normalized spacial score (nSPS) is 12.9. The van der Waals surface area contributed by atoms with Gasteiger partial charge in [0.25, 0.3) is 0 Å². The Kier molecular flexibility index (Phi) is 40.6. The number of unbranched alkanes of at least 4 members (excludes halogenated alkanes) is 17. The molecule has 1 atom stereocenters. The second kappa shape index (κ2) is 43.3. The van der Waals surface area contributed by atoms with E-state index in [-0.39, 0.29) is 31.1 Å². The number of rotatable bonds is 38. The second-order valence-electron chi connectivity index (χ2n) is 14.3. The molecule has 312 valence electrons. The van der Waals surface area contributed by atoms with Crippen LogP contribution in [0.3, 0.4) is 0 Å². The van der Waals surface area contributed by atoms with Crippen LogP contribution in [0.4, 0.5) is 0 Å². The molecule has 0 saturated carbocycles. The molecule has 0 fully saturated rings. The van der Waals surface area contributed by atoms with Crippen LogP contribution in [0.5, 0.6) is 0 Å². The van der Waals surface area contributed by atoms with Gasteiger partial charge in [-0.15, -0.1) is 0 Å². The predicted molar refractivity (Wildman–Crippen MR) is 233 cm³/mol. The summed E-state index contributed by atoms with van der Waals surface area (Å²) in [5.74, 6) is -1.00. The van der Waals surface area contributed by atoms with Crippen molar-refractivity contribution in [1.29, 1.82) is 0 Å². The Hall–Kier alpha value is -3.41. The van der Waals surface area contributed by atoms with Crippen molar-refractivity contribution in [2.75, 3.05) is 13.2 Å². The van der Waals surface area contributed by atoms with Crippen LogP contribution in [0, 0.1) is 0 Å². The molecule has 1 unspecified atom stereocenters. The van der Waals surface area contributed by atoms with E-state index in [1.54, 1.807) is 0 Å². The summed E-state index contributed by atoms with van der Waals surface area (Å²) in [4.78, 5) is 37.7. The average Bonchev–Trinajstić information content (AvgIpc) is 3.18. The minimum atomic E-state index is -0.809. The zero-order chi connectivity index (χ0) is 40.1. The molecule has 0 aliphatic heterocycles. The molecule has 0 radical (unpaired) electrons. The highest BCUT2D eigenvalue weighted by Gasteiger charge is 2.19. The van der Waals surface area contributed by atoms with Crippen molar-refractivity contribution >= 4 is 17.9 Å². The van der Waals surface area contributed by atoms with Gasteiger partial charge in [-0.25, -0.2) is 0 Å². The number of hydrogen-bond acceptors (Lipinski definition) is 6. The summed E-state index contributed by atoms with van der Waals surface area (Å²) in [5.41, 5.74) is 0. The van der Waals surface area contributed by atoms with E-state index in [1.165, 1.54) is 51.4 Å². The van der Waals surface area contributed by atoms with Crippen molar-refractivity contribution in [3.05, 3.63) is 85.1 Å². The van der Waals surface area contributed by atoms with Crippen LogP contribution in [0.2, 0.25) is 0 Å². The van der Waals surface area contributed by atoms with Crippen LogP contribution >= 0.6 is 0 Å². The molecule has 0 saturated heterocycles. The van der Waals surface area contributed by atoms with E-state index in [4.69, 9.17) is 14.2 Å². The van der Waals surface area contributed by atoms with Crippen molar-refractivity contribution in [3.63, 3.8) is 0 Å². The third kappa shape index (κ3) is 41.6. The Balaban J connectivity index is 4.53. The number of carbonyl (C=O) groups is 3. The Morgan fingerprint density at radius 1 is 0.382 bits per heavy atom. The van der Waals surface area contributed by atoms with Gasteiger partial charge >= 0.3 is 17.9 Å². The first-order chi connectivity index (χ1) is 27.0. The molecule has 6 nitrogen and oxygen atoms in total. The van der Waals surface area contributed by atoms with Crippen molar-refractivity contribution in [2.24, 2.45) is 0 Å². The molecule has 0 aromatic carbocycles. The highest BCUT2D eigenvalue weighted by Crippen LogP contribution is 2.12. The molecule has 0 amide bonds. The molecular formula is C49H80O6. The van der Waals surface area contributed by atoms with Gasteiger partial charge in [-0.05, 0) is 83.5 Å². The number of ether oxygens (including phenoxy) is 3. The van der Waals surface area contributed by atoms with E-state index in [1.807, 2.05) is 36.5 Å². The molecule has 0 bridgehead atoms. The molecule has 0 aliphatic rings. The van der Waals surface area contributed by atoms with Gasteiger partial charge in [-0.1, -0.05) is 170 Å². The van der Waals surface area contributed by atoms with Crippen LogP contribution in [-0.2, 0) is 28.6 Å². The quantitative estimate of drug-likeness (QED) is 0.0205. The minimum absolute atomic E-state index is 0.111. The molecule has 0 N–H and O–H groups in total. The number of carbonyl (C=O) groups excluding carboxylic acids is 3. The van der Waals surface area contributed by atoms with Gasteiger partial charge in [0.15, 0.2) is 6.10 Å². The summed E-state index contributed by atoms with van der Waals surface area (Å²) in [6.45, 7) is 6.33. The summed E-state index contributed by atoms with van der Waals surface area (Å²) in [7, 11) is 0. The second-order valence-corrected chi connectivity index (χ2v) is 14.3. The maximum Gasteiger partial charge on any atom is 0.306 e. The molecule has 0 heterocycles. The lowest BCUT2D eigenvalue weighted by atomic mass is 10.1. The minimum Gasteiger partial charge on any atom is -0.462 e. The Morgan fingerprint density at radius 3 is 1.24 bits per heavy atom. The van der Waals surface area contributed by atoms with Crippen LogP contribution < -0.4 is 0 Å². The molecule has 0 aromatic heterocycles. The Labute approximate surface area is 337 Å². The maximum atomic E-state index is 12.7. The lowest BCUT2D eigenvalue weighted by Crippen LogP contribution is -2.30. The number of hydrogen-bond donors (Lipinski definition) is 0. The fourth-order valence-electron chi connectivity index (χ4n) is 5.60. The van der Waals surface area contributed by atoms with E-state index in [0.29, 0.717) is 19.3 Å². The van der Waals surface area contributed by atoms with E-state index >= 15 is 0 Å². The highest BCUT2D eigenvalue weighted by molar-refractivity contribution is 5.71. The van der Waals surface area contributed by atoms with Crippen molar-refractivity contribution < 1.29 is 28.6 Å². The predicted octanol–water partition coefficient (Wildman–Crippen LogP) is 14.1. The lowest BCUT2D eigenvalue weighted by Gasteiger charge is -2.18. The van der Waals surface area contributed by atoms with Gasteiger partial charge in [0.05, 0.1) is 0 Å². The van der Waals surface area contributed by atoms with E-state index < -0.39 is 6.10 Å². The van der Waals surface area contributed by atoms with Gasteiger partial charge in [0, 0.05) is 19.3 Å². The topological polar surface area (TPSA) is 78.9 Å². The monoisotopic (exact) mass is 765 g/mol. The highest BCUT2D eigenvalue weighted by atomic mass is 16.6. The molecule has 0 aliphatic carbocycles. The van der Waals surface area contributed by atoms with Gasteiger partial charge in [0.2, 0.25) is 0 Å². The van der Waals surface area contributed by atoms with Gasteiger partial charge in [-0.3, -0.25) is 14.4 Å². The van der Waals surface area contributed by atoms with Crippen molar-refractivity contribution in [3.8, 4) is 0 Å². The van der Waals surface area contributed by atoms with E-state index in [0.717, 1.165) is 96.3 Å². The lowest BCUT2D eigenvalue weighted by molar-refractivity contribution is -0.167. The number of esters is 3. The summed E-state index contributed by atoms with van der Waals surface area (Å²) in [6, 6.07) is 0. The molecular weight excluding hydrogens is 685 g/mol. The van der Waals surface area contributed by atoms with Gasteiger partial charge in [-0.2, -0.15) is 0 Å². The van der Waals surface area contributed by atoms with Crippen LogP contribution in [0.25, 0.3) is 0 Å². The molecule has 55 heavy (non-hydrogen) atoms. The molecule has 6 heteroatoms. The first-order valence-electron chi connectivity index (χ1n) is 22.2. The summed E-state index contributed by atoms with van der Waals surface area (Å²) in [5, 5.41) is 0. The fraction of sp³-hybridized carbons (Fsp3) is 0.653. The summed E-state index contributed by atoms with van der Waals surface area (Å²) in [6.07, 6.45) is 54.2. The zero-order valence-electron chi connectivity index (χ0n) is 35.4. The van der Waals surface area contributed by atoms with Crippen LogP contribution in [-0.4, -0.2) is 37.2 Å². The molecule has 0 rings (SSSR count). The maximum absolute atomic E-state index is 12.7. The largest absolute Gasteiger partial charge is 0.462 e. The van der Waals surface area contributed by atoms with Crippen LogP contribution in [0.1, 0.15) is 188 Å². The average molecular weight is 765 g/mol. The first kappa shape index (κ1) is 51.6.